The van der Waals surface area contributed by atoms with E-state index in [1.807, 2.05) is 60.7 Å². The van der Waals surface area contributed by atoms with Gasteiger partial charge in [0.1, 0.15) is 24.2 Å². The van der Waals surface area contributed by atoms with Gasteiger partial charge in [-0.15, -0.1) is 0 Å². The monoisotopic (exact) mass is 435 g/mol. The number of furan rings is 1. The van der Waals surface area contributed by atoms with Crippen LogP contribution in [0.3, 0.4) is 0 Å². The number of carbonyl (C=O) groups excluding carboxylic acids is 1. The normalized spacial score (nSPS) is 18.8. The Morgan fingerprint density at radius 1 is 1.10 bits per heavy atom. The van der Waals surface area contributed by atoms with Crippen LogP contribution in [0.5, 0.6) is 5.75 Å². The summed E-state index contributed by atoms with van der Waals surface area (Å²) in [7, 11) is 0. The lowest BCUT2D eigenvalue weighted by Crippen LogP contribution is -2.38. The van der Waals surface area contributed by atoms with Crippen molar-refractivity contribution in [1.82, 2.24) is 9.91 Å². The molecule has 1 unspecified atom stereocenters. The summed E-state index contributed by atoms with van der Waals surface area (Å²) in [6.07, 6.45) is 2.22. The first kappa shape index (κ1) is 19.8. The van der Waals surface area contributed by atoms with Crippen LogP contribution in [0.25, 0.3) is 0 Å². The van der Waals surface area contributed by atoms with E-state index in [1.54, 1.807) is 11.3 Å². The fourth-order valence-corrected chi connectivity index (χ4v) is 4.16. The molecule has 1 atom stereocenters. The summed E-state index contributed by atoms with van der Waals surface area (Å²) in [5.41, 5.74) is 2.88. The number of halogens is 1. The lowest BCUT2D eigenvalue weighted by atomic mass is 10.0. The van der Waals surface area contributed by atoms with Crippen LogP contribution in [-0.2, 0) is 11.3 Å². The molecular weight excluding hydrogens is 414 g/mol. The van der Waals surface area contributed by atoms with Crippen molar-refractivity contribution in [3.8, 4) is 5.75 Å². The molecule has 2 aromatic carbocycles. The van der Waals surface area contributed by atoms with E-state index in [-0.39, 0.29) is 18.5 Å². The van der Waals surface area contributed by atoms with Crippen LogP contribution in [0.4, 0.5) is 0 Å². The first-order valence-corrected chi connectivity index (χ1v) is 10.7. The van der Waals surface area contributed by atoms with Crippen molar-refractivity contribution in [2.45, 2.75) is 19.0 Å². The summed E-state index contributed by atoms with van der Waals surface area (Å²) < 4.78 is 11.5. The number of fused-ring (bicyclic) bond motifs is 1. The van der Waals surface area contributed by atoms with Gasteiger partial charge in [-0.05, 0) is 35.9 Å². The van der Waals surface area contributed by atoms with Gasteiger partial charge in [-0.3, -0.25) is 9.69 Å². The van der Waals surface area contributed by atoms with E-state index in [0.29, 0.717) is 31.1 Å². The average molecular weight is 436 g/mol. The van der Waals surface area contributed by atoms with Crippen molar-refractivity contribution in [1.29, 1.82) is 0 Å². The minimum Gasteiger partial charge on any atom is -0.492 e. The van der Waals surface area contributed by atoms with Crippen molar-refractivity contribution in [2.75, 3.05) is 19.7 Å². The van der Waals surface area contributed by atoms with Gasteiger partial charge >= 0.3 is 0 Å². The molecule has 0 fully saturated rings. The third-order valence-corrected chi connectivity index (χ3v) is 5.86. The third-order valence-electron chi connectivity index (χ3n) is 5.61. The van der Waals surface area contributed by atoms with Gasteiger partial charge in [0.15, 0.2) is 0 Å². The van der Waals surface area contributed by atoms with E-state index in [4.69, 9.17) is 25.9 Å². The molecule has 1 amide bonds. The Bertz CT molecular complexity index is 1100. The van der Waals surface area contributed by atoms with Gasteiger partial charge in [-0.25, -0.2) is 5.01 Å². The number of nitrogens with zero attached hydrogens (tertiary/aromatic N) is 3. The van der Waals surface area contributed by atoms with Crippen LogP contribution >= 0.6 is 11.6 Å². The summed E-state index contributed by atoms with van der Waals surface area (Å²) in [5, 5.41) is 6.94. The summed E-state index contributed by atoms with van der Waals surface area (Å²) in [6.45, 7) is 2.14. The minimum absolute atomic E-state index is 0.0651. The number of hydrazone groups is 1. The first-order chi connectivity index (χ1) is 15.2. The second kappa shape index (κ2) is 8.57. The molecule has 2 aliphatic rings. The average Bonchev–Trinajstić information content (AvgIpc) is 3.41. The lowest BCUT2D eigenvalue weighted by molar-refractivity contribution is -0.134. The zero-order valence-corrected chi connectivity index (χ0v) is 17.7. The molecule has 1 aromatic heterocycles. The number of ether oxygens (including phenoxy) is 1. The largest absolute Gasteiger partial charge is 0.492 e. The number of para-hydroxylation sites is 1. The fraction of sp³-hybridized carbons (Fsp3) is 0.250. The first-order valence-electron chi connectivity index (χ1n) is 10.3. The molecule has 0 saturated heterocycles. The molecule has 31 heavy (non-hydrogen) atoms. The molecule has 2 aliphatic heterocycles. The molecule has 0 spiro atoms. The molecule has 3 heterocycles. The Morgan fingerprint density at radius 2 is 1.94 bits per heavy atom. The van der Waals surface area contributed by atoms with Crippen LogP contribution < -0.4 is 4.74 Å². The van der Waals surface area contributed by atoms with Crippen molar-refractivity contribution < 1.29 is 13.9 Å². The van der Waals surface area contributed by atoms with Gasteiger partial charge < -0.3 is 9.15 Å². The topological polar surface area (TPSA) is 58.3 Å². The highest BCUT2D eigenvalue weighted by molar-refractivity contribution is 6.30. The number of hydrogen-bond donors (Lipinski definition) is 0. The second-order valence-corrected chi connectivity index (χ2v) is 8.13. The third kappa shape index (κ3) is 4.22. The van der Waals surface area contributed by atoms with Gasteiger partial charge in [0.05, 0.1) is 18.5 Å². The predicted octanol–water partition coefficient (Wildman–Crippen LogP) is 4.51. The SMILES string of the molecule is O=C(CN1CCOc2ccccc2C1)N1N=C(c2ccc(Cl)cc2)CC1c1ccco1. The van der Waals surface area contributed by atoms with Gasteiger partial charge in [0.2, 0.25) is 0 Å². The highest BCUT2D eigenvalue weighted by Crippen LogP contribution is 2.33. The van der Waals surface area contributed by atoms with Crippen molar-refractivity contribution >= 4 is 23.2 Å². The van der Waals surface area contributed by atoms with Crippen LogP contribution in [0.15, 0.2) is 76.4 Å². The molecule has 0 bridgehead atoms. The number of benzene rings is 2. The van der Waals surface area contributed by atoms with Gasteiger partial charge in [0, 0.05) is 30.1 Å². The number of rotatable bonds is 4. The minimum atomic E-state index is -0.260. The molecule has 6 nitrogen and oxygen atoms in total. The summed E-state index contributed by atoms with van der Waals surface area (Å²) in [5.74, 6) is 1.55. The van der Waals surface area contributed by atoms with Crippen LogP contribution in [0, 0.1) is 0 Å². The number of hydrogen-bond acceptors (Lipinski definition) is 5. The summed E-state index contributed by atoms with van der Waals surface area (Å²) >= 11 is 6.03. The van der Waals surface area contributed by atoms with Crippen LogP contribution in [-0.4, -0.2) is 41.2 Å². The highest BCUT2D eigenvalue weighted by atomic mass is 35.5. The van der Waals surface area contributed by atoms with E-state index >= 15 is 0 Å². The van der Waals surface area contributed by atoms with Gasteiger partial charge in [-0.1, -0.05) is 41.9 Å². The Balaban J connectivity index is 1.37. The quantitative estimate of drug-likeness (QED) is 0.605. The summed E-state index contributed by atoms with van der Waals surface area (Å²) in [4.78, 5) is 15.4. The van der Waals surface area contributed by atoms with Crippen molar-refractivity contribution in [3.63, 3.8) is 0 Å². The molecule has 5 rings (SSSR count). The van der Waals surface area contributed by atoms with Gasteiger partial charge in [0.25, 0.3) is 5.91 Å². The zero-order chi connectivity index (χ0) is 21.2. The van der Waals surface area contributed by atoms with Crippen molar-refractivity contribution in [3.05, 3.63) is 88.8 Å². The zero-order valence-electron chi connectivity index (χ0n) is 16.9. The smallest absolute Gasteiger partial charge is 0.257 e. The Hall–Kier alpha value is -3.09. The molecular formula is C24H22ClN3O3. The van der Waals surface area contributed by atoms with Gasteiger partial charge in [-0.2, -0.15) is 5.10 Å². The van der Waals surface area contributed by atoms with E-state index in [9.17, 15) is 4.79 Å². The molecule has 0 saturated carbocycles. The van der Waals surface area contributed by atoms with Crippen LogP contribution in [0.1, 0.15) is 29.3 Å². The van der Waals surface area contributed by atoms with E-state index < -0.39 is 0 Å². The Morgan fingerprint density at radius 3 is 2.74 bits per heavy atom. The van der Waals surface area contributed by atoms with E-state index in [1.165, 1.54) is 0 Å². The lowest BCUT2D eigenvalue weighted by Gasteiger charge is -2.24. The maximum Gasteiger partial charge on any atom is 0.257 e. The maximum atomic E-state index is 13.3. The molecule has 7 heteroatoms. The van der Waals surface area contributed by atoms with E-state index in [0.717, 1.165) is 28.3 Å². The molecule has 3 aromatic rings. The molecule has 158 valence electrons. The molecule has 0 radical (unpaired) electrons. The van der Waals surface area contributed by atoms with Crippen molar-refractivity contribution in [2.24, 2.45) is 5.10 Å². The molecule has 0 N–H and O–H groups in total. The fourth-order valence-electron chi connectivity index (χ4n) is 4.04. The Labute approximate surface area is 185 Å². The predicted molar refractivity (Wildman–Crippen MR) is 118 cm³/mol. The number of amides is 1. The second-order valence-electron chi connectivity index (χ2n) is 7.69. The van der Waals surface area contributed by atoms with E-state index in [2.05, 4.69) is 4.90 Å². The standard InChI is InChI=1S/C24H22ClN3O3/c25-19-9-7-17(8-10-19)20-14-21(23-6-3-12-30-23)28(26-20)24(29)16-27-11-13-31-22-5-2-1-4-18(22)15-27/h1-10,12,21H,11,13-16H2. The number of carbonyl (C=O) groups is 1. The summed E-state index contributed by atoms with van der Waals surface area (Å²) in [6, 6.07) is 18.9. The molecule has 0 aliphatic carbocycles. The van der Waals surface area contributed by atoms with Crippen LogP contribution in [0.2, 0.25) is 5.02 Å². The maximum absolute atomic E-state index is 13.3. The Kier molecular flexibility index (Phi) is 5.49. The highest BCUT2D eigenvalue weighted by Gasteiger charge is 2.35.